The van der Waals surface area contributed by atoms with Gasteiger partial charge in [-0.05, 0) is 17.6 Å². The average Bonchev–Trinajstić information content (AvgIpc) is 2.70. The van der Waals surface area contributed by atoms with Crippen LogP contribution in [0.5, 0.6) is 0 Å². The van der Waals surface area contributed by atoms with E-state index < -0.39 is 5.97 Å². The second-order valence-corrected chi connectivity index (χ2v) is 4.62. The third kappa shape index (κ3) is 2.74. The van der Waals surface area contributed by atoms with Crippen molar-refractivity contribution in [2.45, 2.75) is 19.3 Å². The Morgan fingerprint density at radius 1 is 1.15 bits per heavy atom. The first-order valence-electron chi connectivity index (χ1n) is 6.26. The van der Waals surface area contributed by atoms with Crippen molar-refractivity contribution < 1.29 is 19.5 Å². The lowest BCUT2D eigenvalue weighted by molar-refractivity contribution is -0.137. The standard InChI is InChI=1S/C16H14O4/c1-10(11-5-3-2-4-6-11)16-12(7-8-15(19)20)13(17)9-14(16)18/h2-6H,1,7-9H2,(H,19,20). The number of aliphatic carboxylic acids is 1. The van der Waals surface area contributed by atoms with E-state index in [1.54, 1.807) is 12.1 Å². The van der Waals surface area contributed by atoms with Gasteiger partial charge in [0.1, 0.15) is 0 Å². The lowest BCUT2D eigenvalue weighted by Crippen LogP contribution is -2.02. The van der Waals surface area contributed by atoms with Crippen LogP contribution in [0.3, 0.4) is 0 Å². The number of hydrogen-bond acceptors (Lipinski definition) is 3. The summed E-state index contributed by atoms with van der Waals surface area (Å²) < 4.78 is 0. The van der Waals surface area contributed by atoms with Crippen LogP contribution in [-0.4, -0.2) is 22.6 Å². The van der Waals surface area contributed by atoms with Gasteiger partial charge in [0.05, 0.1) is 6.42 Å². The highest BCUT2D eigenvalue weighted by Gasteiger charge is 2.32. The van der Waals surface area contributed by atoms with Crippen LogP contribution in [-0.2, 0) is 14.4 Å². The van der Waals surface area contributed by atoms with Crippen LogP contribution in [0.2, 0.25) is 0 Å². The maximum atomic E-state index is 12.0. The van der Waals surface area contributed by atoms with Crippen molar-refractivity contribution in [1.82, 2.24) is 0 Å². The SMILES string of the molecule is C=C(C1=C(CCC(=O)O)C(=O)CC1=O)c1ccccc1. The van der Waals surface area contributed by atoms with E-state index in [9.17, 15) is 14.4 Å². The van der Waals surface area contributed by atoms with E-state index in [2.05, 4.69) is 6.58 Å². The van der Waals surface area contributed by atoms with Crippen LogP contribution in [0.25, 0.3) is 5.57 Å². The normalized spacial score (nSPS) is 14.8. The highest BCUT2D eigenvalue weighted by Crippen LogP contribution is 2.33. The summed E-state index contributed by atoms with van der Waals surface area (Å²) in [6.07, 6.45) is -0.281. The van der Waals surface area contributed by atoms with Gasteiger partial charge < -0.3 is 5.11 Å². The van der Waals surface area contributed by atoms with Gasteiger partial charge in [0.25, 0.3) is 0 Å². The first-order chi connectivity index (χ1) is 9.50. The number of benzene rings is 1. The third-order valence-corrected chi connectivity index (χ3v) is 3.25. The summed E-state index contributed by atoms with van der Waals surface area (Å²) in [5.74, 6) is -1.55. The Kier molecular flexibility index (Phi) is 3.94. The number of carboxylic acid groups (broad SMARTS) is 1. The molecular weight excluding hydrogens is 256 g/mol. The summed E-state index contributed by atoms with van der Waals surface area (Å²) in [6, 6.07) is 9.09. The minimum absolute atomic E-state index is 0.0705. The largest absolute Gasteiger partial charge is 0.481 e. The smallest absolute Gasteiger partial charge is 0.303 e. The average molecular weight is 270 g/mol. The Hall–Kier alpha value is -2.49. The minimum Gasteiger partial charge on any atom is -0.481 e. The zero-order valence-corrected chi connectivity index (χ0v) is 10.9. The number of rotatable bonds is 5. The minimum atomic E-state index is -0.991. The molecule has 0 bridgehead atoms. The zero-order chi connectivity index (χ0) is 14.7. The van der Waals surface area contributed by atoms with Gasteiger partial charge >= 0.3 is 5.97 Å². The lowest BCUT2D eigenvalue weighted by atomic mass is 9.94. The number of hydrogen-bond donors (Lipinski definition) is 1. The molecule has 0 unspecified atom stereocenters. The molecule has 2 rings (SSSR count). The molecule has 0 aliphatic heterocycles. The molecule has 1 aromatic rings. The maximum Gasteiger partial charge on any atom is 0.303 e. The third-order valence-electron chi connectivity index (χ3n) is 3.25. The van der Waals surface area contributed by atoms with Gasteiger partial charge in [0.15, 0.2) is 11.6 Å². The molecule has 0 amide bonds. The van der Waals surface area contributed by atoms with E-state index in [4.69, 9.17) is 5.11 Å². The van der Waals surface area contributed by atoms with Crippen LogP contribution in [0.4, 0.5) is 0 Å². The zero-order valence-electron chi connectivity index (χ0n) is 10.9. The number of carbonyl (C=O) groups is 3. The van der Waals surface area contributed by atoms with Crippen LogP contribution in [0.15, 0.2) is 48.1 Å². The van der Waals surface area contributed by atoms with Crippen LogP contribution in [0, 0.1) is 0 Å². The summed E-state index contributed by atoms with van der Waals surface area (Å²) in [5, 5.41) is 8.73. The van der Waals surface area contributed by atoms with Gasteiger partial charge in [-0.15, -0.1) is 0 Å². The van der Waals surface area contributed by atoms with E-state index in [1.165, 1.54) is 0 Å². The van der Waals surface area contributed by atoms with Crippen molar-refractivity contribution >= 4 is 23.1 Å². The molecule has 1 aliphatic rings. The number of allylic oxidation sites excluding steroid dienone is 3. The second kappa shape index (κ2) is 5.65. The summed E-state index contributed by atoms with van der Waals surface area (Å²) in [5.41, 5.74) is 1.84. The summed E-state index contributed by atoms with van der Waals surface area (Å²) in [6.45, 7) is 3.89. The Morgan fingerprint density at radius 3 is 2.40 bits per heavy atom. The van der Waals surface area contributed by atoms with Gasteiger partial charge in [-0.2, -0.15) is 0 Å². The van der Waals surface area contributed by atoms with E-state index in [0.29, 0.717) is 16.7 Å². The highest BCUT2D eigenvalue weighted by atomic mass is 16.4. The van der Waals surface area contributed by atoms with Gasteiger partial charge in [0.2, 0.25) is 0 Å². The summed E-state index contributed by atoms with van der Waals surface area (Å²) in [4.78, 5) is 34.4. The molecule has 0 radical (unpaired) electrons. The molecule has 0 fully saturated rings. The second-order valence-electron chi connectivity index (χ2n) is 4.62. The molecule has 0 spiro atoms. The van der Waals surface area contributed by atoms with Gasteiger partial charge in [-0.3, -0.25) is 14.4 Å². The van der Waals surface area contributed by atoms with Crippen LogP contribution in [0.1, 0.15) is 24.8 Å². The molecule has 4 nitrogen and oxygen atoms in total. The fourth-order valence-electron chi connectivity index (χ4n) is 2.28. The van der Waals surface area contributed by atoms with Gasteiger partial charge in [-0.25, -0.2) is 0 Å². The number of carboxylic acids is 1. The highest BCUT2D eigenvalue weighted by molar-refractivity contribution is 6.28. The molecule has 0 aromatic heterocycles. The van der Waals surface area contributed by atoms with Crippen molar-refractivity contribution in [2.24, 2.45) is 0 Å². The predicted octanol–water partition coefficient (Wildman–Crippen LogP) is 2.40. The molecule has 0 atom stereocenters. The Morgan fingerprint density at radius 2 is 1.80 bits per heavy atom. The van der Waals surface area contributed by atoms with E-state index in [0.717, 1.165) is 5.56 Å². The van der Waals surface area contributed by atoms with Crippen molar-refractivity contribution in [1.29, 1.82) is 0 Å². The van der Waals surface area contributed by atoms with Gasteiger partial charge in [0, 0.05) is 17.6 Å². The summed E-state index contributed by atoms with van der Waals surface area (Å²) >= 11 is 0. The fourth-order valence-corrected chi connectivity index (χ4v) is 2.28. The van der Waals surface area contributed by atoms with Crippen molar-refractivity contribution in [3.8, 4) is 0 Å². The Balaban J connectivity index is 2.38. The molecule has 0 saturated carbocycles. The number of Topliss-reactive ketones (excluding diaryl/α,β-unsaturated/α-hetero) is 2. The molecule has 4 heteroatoms. The molecule has 1 N–H and O–H groups in total. The first-order valence-corrected chi connectivity index (χ1v) is 6.26. The Bertz CT molecular complexity index is 623. The number of ketones is 2. The fraction of sp³-hybridized carbons (Fsp3) is 0.188. The molecule has 1 aromatic carbocycles. The van der Waals surface area contributed by atoms with Crippen molar-refractivity contribution in [3.63, 3.8) is 0 Å². The summed E-state index contributed by atoms with van der Waals surface area (Å²) in [7, 11) is 0. The Labute approximate surface area is 116 Å². The van der Waals surface area contributed by atoms with Crippen molar-refractivity contribution in [2.75, 3.05) is 0 Å². The van der Waals surface area contributed by atoms with Crippen LogP contribution >= 0.6 is 0 Å². The quantitative estimate of drug-likeness (QED) is 0.834. The molecular formula is C16H14O4. The maximum absolute atomic E-state index is 12.0. The van der Waals surface area contributed by atoms with Crippen LogP contribution < -0.4 is 0 Å². The molecule has 1 aliphatic carbocycles. The first kappa shape index (κ1) is 13.9. The van der Waals surface area contributed by atoms with Gasteiger partial charge in [-0.1, -0.05) is 36.9 Å². The number of carbonyl (C=O) groups excluding carboxylic acids is 2. The van der Waals surface area contributed by atoms with E-state index in [-0.39, 0.29) is 30.8 Å². The van der Waals surface area contributed by atoms with Crippen molar-refractivity contribution in [3.05, 3.63) is 53.6 Å². The molecule has 102 valence electrons. The van der Waals surface area contributed by atoms with E-state index in [1.807, 2.05) is 18.2 Å². The topological polar surface area (TPSA) is 71.4 Å². The lowest BCUT2D eigenvalue weighted by Gasteiger charge is -2.08. The monoisotopic (exact) mass is 270 g/mol. The van der Waals surface area contributed by atoms with E-state index >= 15 is 0 Å². The predicted molar refractivity (Wildman–Crippen MR) is 74.0 cm³/mol. The molecule has 0 heterocycles. The molecule has 20 heavy (non-hydrogen) atoms. The molecule has 0 saturated heterocycles.